The van der Waals surface area contributed by atoms with Crippen LogP contribution in [0.4, 0.5) is 0 Å². The Kier molecular flexibility index (Phi) is 2.80. The summed E-state index contributed by atoms with van der Waals surface area (Å²) in [7, 11) is 0. The molecule has 2 rings (SSSR count). The second-order valence-corrected chi connectivity index (χ2v) is 3.46. The highest BCUT2D eigenvalue weighted by Crippen LogP contribution is 2.26. The average molecular weight is 204 g/mol. The van der Waals surface area contributed by atoms with Gasteiger partial charge in [0.15, 0.2) is 0 Å². The quantitative estimate of drug-likeness (QED) is 0.682. The zero-order chi connectivity index (χ0) is 9.80. The largest absolute Gasteiger partial charge is 0.259 e. The van der Waals surface area contributed by atoms with Crippen molar-refractivity contribution < 1.29 is 0 Å². The number of pyridine rings is 1. The molecule has 1 aromatic carbocycles. The first-order valence-corrected chi connectivity index (χ1v) is 4.91. The van der Waals surface area contributed by atoms with E-state index in [-0.39, 0.29) is 5.38 Å². The van der Waals surface area contributed by atoms with Crippen LogP contribution in [0.15, 0.2) is 54.7 Å². The average Bonchev–Trinajstić information content (AvgIpc) is 2.30. The number of rotatable bonds is 2. The highest BCUT2D eigenvalue weighted by Gasteiger charge is 2.10. The van der Waals surface area contributed by atoms with Gasteiger partial charge in [-0.05, 0) is 17.7 Å². The molecule has 0 saturated heterocycles. The number of hydrogen-bond donors (Lipinski definition) is 0. The summed E-state index contributed by atoms with van der Waals surface area (Å²) in [5.74, 6) is 0. The van der Waals surface area contributed by atoms with Crippen LogP contribution in [0.3, 0.4) is 0 Å². The molecular weight excluding hydrogens is 194 g/mol. The highest BCUT2D eigenvalue weighted by atomic mass is 35.5. The van der Waals surface area contributed by atoms with Crippen molar-refractivity contribution in [3.63, 3.8) is 0 Å². The van der Waals surface area contributed by atoms with E-state index in [1.165, 1.54) is 0 Å². The lowest BCUT2D eigenvalue weighted by Gasteiger charge is -2.08. The minimum absolute atomic E-state index is 0.155. The smallest absolute Gasteiger partial charge is 0.101 e. The standard InChI is InChI=1S/C12H10ClN/c13-12(10-6-2-1-3-7-10)11-8-4-5-9-14-11/h1-9,12H. The molecule has 70 valence electrons. The predicted molar refractivity (Wildman–Crippen MR) is 58.4 cm³/mol. The summed E-state index contributed by atoms with van der Waals surface area (Å²) in [6.45, 7) is 0. The fourth-order valence-corrected chi connectivity index (χ4v) is 1.59. The van der Waals surface area contributed by atoms with Crippen molar-refractivity contribution in [2.45, 2.75) is 5.38 Å². The maximum Gasteiger partial charge on any atom is 0.101 e. The first-order valence-electron chi connectivity index (χ1n) is 4.48. The van der Waals surface area contributed by atoms with E-state index >= 15 is 0 Å². The van der Waals surface area contributed by atoms with Gasteiger partial charge in [-0.1, -0.05) is 36.4 Å². The molecule has 0 N–H and O–H groups in total. The summed E-state index contributed by atoms with van der Waals surface area (Å²) < 4.78 is 0. The summed E-state index contributed by atoms with van der Waals surface area (Å²) in [6.07, 6.45) is 1.76. The van der Waals surface area contributed by atoms with Crippen LogP contribution in [0.25, 0.3) is 0 Å². The number of benzene rings is 1. The first-order chi connectivity index (χ1) is 6.88. The van der Waals surface area contributed by atoms with Crippen LogP contribution in [0.5, 0.6) is 0 Å². The fourth-order valence-electron chi connectivity index (χ4n) is 1.32. The summed E-state index contributed by atoms with van der Waals surface area (Å²) in [4.78, 5) is 4.22. The molecule has 2 aromatic rings. The SMILES string of the molecule is ClC(c1ccccc1)c1ccccn1. The number of nitrogens with zero attached hydrogens (tertiary/aromatic N) is 1. The van der Waals surface area contributed by atoms with E-state index in [0.717, 1.165) is 11.3 Å². The van der Waals surface area contributed by atoms with E-state index in [2.05, 4.69) is 4.98 Å². The van der Waals surface area contributed by atoms with E-state index in [4.69, 9.17) is 11.6 Å². The molecule has 0 aliphatic heterocycles. The Bertz CT molecular complexity index is 346. The van der Waals surface area contributed by atoms with Gasteiger partial charge < -0.3 is 0 Å². The third-order valence-corrected chi connectivity index (χ3v) is 2.52. The Labute approximate surface area is 88.4 Å². The highest BCUT2D eigenvalue weighted by molar-refractivity contribution is 6.22. The van der Waals surface area contributed by atoms with Crippen LogP contribution in [-0.2, 0) is 0 Å². The van der Waals surface area contributed by atoms with Crippen LogP contribution >= 0.6 is 11.6 Å². The summed E-state index contributed by atoms with van der Waals surface area (Å²) in [6, 6.07) is 15.7. The fraction of sp³-hybridized carbons (Fsp3) is 0.0833. The van der Waals surface area contributed by atoms with Crippen molar-refractivity contribution in [1.82, 2.24) is 4.98 Å². The Morgan fingerprint density at radius 2 is 1.64 bits per heavy atom. The Morgan fingerprint density at radius 3 is 2.29 bits per heavy atom. The molecule has 0 aliphatic carbocycles. The molecule has 1 nitrogen and oxygen atoms in total. The Hall–Kier alpha value is -1.34. The third kappa shape index (κ3) is 1.94. The second-order valence-electron chi connectivity index (χ2n) is 3.03. The molecule has 1 atom stereocenters. The van der Waals surface area contributed by atoms with Crippen LogP contribution in [0.1, 0.15) is 16.6 Å². The van der Waals surface area contributed by atoms with Crippen molar-refractivity contribution in [2.24, 2.45) is 0 Å². The van der Waals surface area contributed by atoms with Crippen LogP contribution in [-0.4, -0.2) is 4.98 Å². The van der Waals surface area contributed by atoms with Gasteiger partial charge >= 0.3 is 0 Å². The first kappa shape index (κ1) is 9.22. The molecule has 0 spiro atoms. The summed E-state index contributed by atoms with van der Waals surface area (Å²) in [5, 5.41) is -0.155. The zero-order valence-corrected chi connectivity index (χ0v) is 8.35. The second kappa shape index (κ2) is 4.25. The van der Waals surface area contributed by atoms with E-state index in [1.807, 2.05) is 48.5 Å². The monoisotopic (exact) mass is 203 g/mol. The maximum atomic E-state index is 6.27. The zero-order valence-electron chi connectivity index (χ0n) is 7.60. The van der Waals surface area contributed by atoms with Crippen LogP contribution in [0.2, 0.25) is 0 Å². The van der Waals surface area contributed by atoms with Crippen molar-refractivity contribution in [3.8, 4) is 0 Å². The van der Waals surface area contributed by atoms with Gasteiger partial charge in [0, 0.05) is 6.20 Å². The number of hydrogen-bond acceptors (Lipinski definition) is 1. The van der Waals surface area contributed by atoms with Crippen LogP contribution < -0.4 is 0 Å². The van der Waals surface area contributed by atoms with E-state index in [0.29, 0.717) is 0 Å². The summed E-state index contributed by atoms with van der Waals surface area (Å²) in [5.41, 5.74) is 1.97. The Morgan fingerprint density at radius 1 is 0.929 bits per heavy atom. The molecule has 0 amide bonds. The van der Waals surface area contributed by atoms with E-state index in [1.54, 1.807) is 6.20 Å². The predicted octanol–water partition coefficient (Wildman–Crippen LogP) is 3.41. The van der Waals surface area contributed by atoms with Gasteiger partial charge in [-0.15, -0.1) is 11.6 Å². The van der Waals surface area contributed by atoms with Crippen molar-refractivity contribution >= 4 is 11.6 Å². The van der Waals surface area contributed by atoms with Gasteiger partial charge in [0.2, 0.25) is 0 Å². The molecule has 0 bridgehead atoms. The molecule has 1 aromatic heterocycles. The number of halogens is 1. The summed E-state index contributed by atoms with van der Waals surface area (Å²) >= 11 is 6.27. The lowest BCUT2D eigenvalue weighted by Crippen LogP contribution is -1.94. The normalized spacial score (nSPS) is 12.4. The Balaban J connectivity index is 2.30. The molecular formula is C12H10ClN. The van der Waals surface area contributed by atoms with Crippen molar-refractivity contribution in [2.75, 3.05) is 0 Å². The molecule has 1 heterocycles. The minimum atomic E-state index is -0.155. The maximum absolute atomic E-state index is 6.27. The van der Waals surface area contributed by atoms with Crippen molar-refractivity contribution in [3.05, 3.63) is 66.0 Å². The number of aromatic nitrogens is 1. The van der Waals surface area contributed by atoms with E-state index in [9.17, 15) is 0 Å². The molecule has 0 saturated carbocycles. The molecule has 2 heteroatoms. The lowest BCUT2D eigenvalue weighted by atomic mass is 10.1. The van der Waals surface area contributed by atoms with Crippen molar-refractivity contribution in [1.29, 1.82) is 0 Å². The van der Waals surface area contributed by atoms with Gasteiger partial charge in [-0.2, -0.15) is 0 Å². The van der Waals surface area contributed by atoms with E-state index < -0.39 is 0 Å². The molecule has 0 aliphatic rings. The number of alkyl halides is 1. The van der Waals surface area contributed by atoms with Gasteiger partial charge in [0.1, 0.15) is 5.38 Å². The molecule has 1 unspecified atom stereocenters. The molecule has 0 fully saturated rings. The molecule has 14 heavy (non-hydrogen) atoms. The molecule has 0 radical (unpaired) electrons. The topological polar surface area (TPSA) is 12.9 Å². The van der Waals surface area contributed by atoms with Crippen LogP contribution in [0, 0.1) is 0 Å². The van der Waals surface area contributed by atoms with Gasteiger partial charge in [0.05, 0.1) is 5.69 Å². The third-order valence-electron chi connectivity index (χ3n) is 2.04. The van der Waals surface area contributed by atoms with Gasteiger partial charge in [-0.3, -0.25) is 4.98 Å². The minimum Gasteiger partial charge on any atom is -0.259 e. The lowest BCUT2D eigenvalue weighted by molar-refractivity contribution is 1.04. The van der Waals surface area contributed by atoms with Gasteiger partial charge in [-0.25, -0.2) is 0 Å². The van der Waals surface area contributed by atoms with Gasteiger partial charge in [0.25, 0.3) is 0 Å².